The van der Waals surface area contributed by atoms with E-state index in [1.165, 1.54) is 72.4 Å². The Morgan fingerprint density at radius 1 is 0.593 bits per heavy atom. The van der Waals surface area contributed by atoms with E-state index in [0.29, 0.717) is 34.5 Å². The summed E-state index contributed by atoms with van der Waals surface area (Å²) in [4.78, 5) is 88.6. The summed E-state index contributed by atoms with van der Waals surface area (Å²) >= 11 is 0. The lowest BCUT2D eigenvalue weighted by molar-refractivity contribution is -0.151. The van der Waals surface area contributed by atoms with Gasteiger partial charge in [0, 0.05) is 38.8 Å². The number of methoxy groups -OCH3 is 1. The number of carbonyl (C=O) groups excluding carboxylic acids is 1. The van der Waals surface area contributed by atoms with Crippen LogP contribution in [0, 0.1) is 5.92 Å². The number of carbonyl (C=O) groups is 1. The van der Waals surface area contributed by atoms with Crippen molar-refractivity contribution in [3.05, 3.63) is 118 Å². The topological polar surface area (TPSA) is 650 Å². The first-order valence-electron chi connectivity index (χ1n) is 33.3. The Bertz CT molecular complexity index is 4730. The van der Waals surface area contributed by atoms with Crippen molar-refractivity contribution in [2.45, 2.75) is 151 Å². The first kappa shape index (κ1) is 80.8. The van der Waals surface area contributed by atoms with Crippen molar-refractivity contribution in [1.29, 1.82) is 0 Å². The van der Waals surface area contributed by atoms with Crippen molar-refractivity contribution in [3.8, 4) is 5.75 Å². The molecule has 13 heterocycles. The molecule has 8 aromatic heterocycles. The molecular weight excluding hydrogens is 1460 g/mol. The van der Waals surface area contributed by atoms with Gasteiger partial charge in [-0.1, -0.05) is 25.1 Å². The number of H-pyrrole nitrogens is 1. The van der Waals surface area contributed by atoms with Gasteiger partial charge in [-0.2, -0.15) is 15.0 Å². The molecule has 0 bridgehead atoms. The zero-order valence-electron chi connectivity index (χ0n) is 58.1. The Hall–Kier alpha value is -9.78. The summed E-state index contributed by atoms with van der Waals surface area (Å²) in [5.41, 5.74) is 27.9. The third-order valence-corrected chi connectivity index (χ3v) is 19.2. The van der Waals surface area contributed by atoms with Gasteiger partial charge in [-0.25, -0.2) is 53.4 Å². The lowest BCUT2D eigenvalue weighted by atomic mass is 10.1. The van der Waals surface area contributed by atoms with Crippen molar-refractivity contribution in [2.24, 2.45) is 5.92 Å². The minimum absolute atomic E-state index is 0.0366. The SMILES string of the molecule is CC(C)OC(=O)[C@H](C)CP(=O)(OC[C@@H]1CC(O)[C@H](n2cnc3c(N)ncnc32)O1)Oc1ccccc1.CO[C@@H]1C(O)[C@H](n2ccc(N)nc2=O)O[C@@H]1CO.Nc1ccn([C@@H]2O[C@H](CO)CC2O)c(=O)n1.Nc1nc2c(ncn2[C@@H]2O[C@H](CO)CC2O)c(=O)[nH]1.Nc1ncnc2c1ncn2[C@@H]1O[C@H](CO)[C@H](F)C1O. The van der Waals surface area contributed by atoms with E-state index < -0.39 is 147 Å². The number of esters is 1. The first-order chi connectivity index (χ1) is 51.6. The minimum Gasteiger partial charge on any atom is -0.463 e. The third kappa shape index (κ3) is 18.5. The summed E-state index contributed by atoms with van der Waals surface area (Å²) in [6, 6.07) is 11.4. The zero-order valence-corrected chi connectivity index (χ0v) is 59.0. The van der Waals surface area contributed by atoms with E-state index in [4.69, 9.17) is 91.3 Å². The number of imidazole rings is 3. The molecule has 44 nitrogen and oxygen atoms in total. The fourth-order valence-electron chi connectivity index (χ4n) is 12.0. The van der Waals surface area contributed by atoms with Crippen LogP contribution in [0.5, 0.6) is 5.75 Å². The predicted molar refractivity (Wildman–Crippen MR) is 371 cm³/mol. The summed E-state index contributed by atoms with van der Waals surface area (Å²) in [5.74, 6) is -0.304. The number of ether oxygens (including phenoxy) is 7. The number of nitrogens with zero attached hydrogens (tertiary/aromatic N) is 15. The van der Waals surface area contributed by atoms with E-state index in [-0.39, 0.29) is 91.9 Å². The molecule has 5 fully saturated rings. The normalized spacial score (nSPS) is 27.4. The lowest BCUT2D eigenvalue weighted by Crippen LogP contribution is -2.37. The number of nitrogens with two attached hydrogens (primary N) is 5. The molecule has 1 aromatic carbocycles. The maximum absolute atomic E-state index is 13.7. The molecule has 5 aliphatic rings. The van der Waals surface area contributed by atoms with Gasteiger partial charge in [-0.15, -0.1) is 0 Å². The summed E-state index contributed by atoms with van der Waals surface area (Å²) in [7, 11) is -2.42. The number of nitrogens with one attached hydrogen (secondary N) is 1. The zero-order chi connectivity index (χ0) is 78.0. The van der Waals surface area contributed by atoms with Gasteiger partial charge in [0.1, 0.15) is 89.9 Å². The number of hydrogen-bond donors (Lipinski definition) is 15. The molecule has 20 N–H and O–H groups in total. The first-order valence-corrected chi connectivity index (χ1v) is 35.0. The van der Waals surface area contributed by atoms with Crippen LogP contribution >= 0.6 is 7.60 Å². The van der Waals surface area contributed by atoms with Crippen LogP contribution in [0.4, 0.5) is 33.6 Å². The number of aromatic nitrogens is 16. The van der Waals surface area contributed by atoms with Crippen LogP contribution in [0.1, 0.15) is 71.2 Å². The van der Waals surface area contributed by atoms with Crippen LogP contribution in [0.2, 0.25) is 0 Å². The summed E-state index contributed by atoms with van der Waals surface area (Å²) in [5, 5.41) is 86.2. The fourth-order valence-corrected chi connectivity index (χ4v) is 13.8. The molecule has 14 rings (SSSR count). The van der Waals surface area contributed by atoms with Gasteiger partial charge in [0.15, 0.2) is 71.4 Å². The quantitative estimate of drug-likeness (QED) is 0.0280. The predicted octanol–water partition coefficient (Wildman–Crippen LogP) is -3.17. The third-order valence-electron chi connectivity index (χ3n) is 17.1. The van der Waals surface area contributed by atoms with Crippen LogP contribution in [0.25, 0.3) is 33.5 Å². The van der Waals surface area contributed by atoms with E-state index in [9.17, 15) is 53.7 Å². The van der Waals surface area contributed by atoms with Crippen LogP contribution in [-0.4, -0.2) is 255 Å². The van der Waals surface area contributed by atoms with Crippen LogP contribution in [-0.2, 0) is 47.0 Å². The minimum atomic E-state index is -3.81. The number of aromatic amines is 1. The van der Waals surface area contributed by atoms with E-state index in [0.717, 1.165) is 9.13 Å². The molecule has 0 aliphatic carbocycles. The summed E-state index contributed by atoms with van der Waals surface area (Å²) in [6.45, 7) is 3.75. The van der Waals surface area contributed by atoms with Crippen molar-refractivity contribution < 1.29 is 102 Å². The molecule has 0 amide bonds. The number of nitrogen functional groups attached to an aromatic ring is 5. The highest BCUT2D eigenvalue weighted by Gasteiger charge is 2.47. The lowest BCUT2D eigenvalue weighted by Gasteiger charge is -2.24. The molecule has 46 heteroatoms. The molecule has 0 radical (unpaired) electrons. The maximum Gasteiger partial charge on any atom is 0.380 e. The largest absolute Gasteiger partial charge is 0.463 e. The van der Waals surface area contributed by atoms with Gasteiger partial charge in [-0.05, 0) is 38.1 Å². The average molecular weight is 1540 g/mol. The number of aliphatic hydroxyl groups is 9. The average Bonchev–Trinajstić information content (AvgIpc) is 1.64. The fraction of sp³-hybridized carbons (Fsp3) is 0.516. The van der Waals surface area contributed by atoms with Crippen molar-refractivity contribution in [3.63, 3.8) is 0 Å². The monoisotopic (exact) mass is 1540 g/mol. The molecule has 0 saturated carbocycles. The smallest absolute Gasteiger partial charge is 0.380 e. The highest BCUT2D eigenvalue weighted by molar-refractivity contribution is 7.54. The maximum atomic E-state index is 13.7. The molecule has 5 saturated heterocycles. The molecule has 586 valence electrons. The van der Waals surface area contributed by atoms with Gasteiger partial charge in [-0.3, -0.25) is 41.9 Å². The van der Waals surface area contributed by atoms with Crippen LogP contribution in [0.15, 0.2) is 101 Å². The van der Waals surface area contributed by atoms with Crippen molar-refractivity contribution >= 4 is 76.3 Å². The molecule has 6 unspecified atom stereocenters. The number of aliphatic hydroxyl groups excluding tert-OH is 9. The standard InChI is InChI=1S/C23H30N5O7P.C10H12FN5O3.C10H13N5O4.C10H15N3O5.C9H13N3O4/c1-14(2)33-23(30)15(3)11-36(31,35-16-7-5-4-6-8-16)32-10-17-9-18(29)22(34-17)28-13-27-19-20(24)25-12-26-21(19)28;11-5-4(1-17)19-10(7(5)18)16-3-15-6-8(12)13-2-14-9(6)16;11-10-13-7-6(8(18)14-10)12-3-15(7)9-5(17)1-4(2-16)19-9;1-17-8-5(4-14)18-9(7(8)15)13-3-2-6(11)12-10(13)16;10-7-1-2-12(9(15)11-7)8-6(14)3-5(4-13)16-8/h4-8,12-15,17-18,22,29H,9-11H2,1-3H3,(H2,24,25,26);2-5,7,10,17-18H,1H2,(H2,12,13,14);3-5,9,16-17H,1-2H2,(H3,11,13,14,18);2-3,5,7-9,14-15H,4H2,1H3,(H2,11,12,16);1-2,5-6,8,13-14H,3-4H2,(H2,10,11,15)/t15-,17+,18?,22-,36?;4-,5+,7?,10-;4-,5?,9+;5-,7?,8+,9-;5-,6?,8+/m11010/s1. The second-order valence-corrected chi connectivity index (χ2v) is 27.3. The number of halogens is 1. The Kier molecular flexibility index (Phi) is 26.5. The van der Waals surface area contributed by atoms with Gasteiger partial charge in [0.2, 0.25) is 5.95 Å². The number of benzene rings is 1. The van der Waals surface area contributed by atoms with Gasteiger partial charge >= 0.3 is 24.9 Å². The number of alkyl halides is 1. The molecule has 5 aliphatic heterocycles. The molecule has 19 atom stereocenters. The van der Waals surface area contributed by atoms with E-state index >= 15 is 0 Å². The van der Waals surface area contributed by atoms with Crippen molar-refractivity contribution in [2.75, 3.05) is 75.0 Å². The van der Waals surface area contributed by atoms with E-state index in [1.807, 2.05) is 0 Å². The number of para-hydroxylation sites is 1. The Labute approximate surface area is 608 Å². The second kappa shape index (κ2) is 35.5. The van der Waals surface area contributed by atoms with E-state index in [1.54, 1.807) is 55.7 Å². The van der Waals surface area contributed by atoms with Gasteiger partial charge < -0.3 is 112 Å². The number of anilines is 5. The second-order valence-electron chi connectivity index (χ2n) is 25.2. The Morgan fingerprint density at radius 3 is 1.55 bits per heavy atom. The number of rotatable bonds is 19. The van der Waals surface area contributed by atoms with Crippen molar-refractivity contribution in [1.82, 2.24) is 77.7 Å². The summed E-state index contributed by atoms with van der Waals surface area (Å²) < 4.78 is 83.3. The van der Waals surface area contributed by atoms with Gasteiger partial charge in [0.25, 0.3) is 5.56 Å². The molecule has 108 heavy (non-hydrogen) atoms. The summed E-state index contributed by atoms with van der Waals surface area (Å²) in [6.07, 6.45) is -5.15. The molecule has 0 spiro atoms. The number of fused-ring (bicyclic) bond motifs is 3. The van der Waals surface area contributed by atoms with Crippen LogP contribution < -0.4 is 50.1 Å². The number of hydrogen-bond acceptors (Lipinski definition) is 38. The highest BCUT2D eigenvalue weighted by atomic mass is 31.2. The van der Waals surface area contributed by atoms with E-state index in [2.05, 4.69) is 54.8 Å². The Balaban J connectivity index is 0.000000150. The molecular formula is C62H83FN21O23P. The Morgan fingerprint density at radius 2 is 1.06 bits per heavy atom. The highest BCUT2D eigenvalue weighted by Crippen LogP contribution is 2.51. The van der Waals surface area contributed by atoms with Crippen LogP contribution in [0.3, 0.4) is 0 Å². The molecule has 9 aromatic rings. The van der Waals surface area contributed by atoms with Gasteiger partial charge in [0.05, 0.1) is 88.5 Å².